The average Bonchev–Trinajstić information content (AvgIpc) is 2.46. The zero-order valence-electron chi connectivity index (χ0n) is 11.4. The highest BCUT2D eigenvalue weighted by Crippen LogP contribution is 2.13. The second-order valence-corrected chi connectivity index (χ2v) is 4.49. The van der Waals surface area contributed by atoms with Gasteiger partial charge in [-0.1, -0.05) is 36.4 Å². The minimum Gasteiger partial charge on any atom is -0.484 e. The summed E-state index contributed by atoms with van der Waals surface area (Å²) in [5, 5.41) is 2.28. The lowest BCUT2D eigenvalue weighted by molar-refractivity contribution is -0.131. The number of imide groups is 1. The Labute approximate surface area is 122 Å². The summed E-state index contributed by atoms with van der Waals surface area (Å²) in [5.41, 5.74) is 6.99. The third-order valence-corrected chi connectivity index (χ3v) is 2.71. The van der Waals surface area contributed by atoms with Gasteiger partial charge in [0.1, 0.15) is 5.75 Å². The number of anilines is 1. The monoisotopic (exact) mass is 284 g/mol. The first kappa shape index (κ1) is 14.6. The predicted molar refractivity (Wildman–Crippen MR) is 79.6 cm³/mol. The molecule has 0 bridgehead atoms. The van der Waals surface area contributed by atoms with Crippen LogP contribution in [0.5, 0.6) is 5.75 Å². The van der Waals surface area contributed by atoms with Crippen LogP contribution in [0.3, 0.4) is 0 Å². The Morgan fingerprint density at radius 1 is 1.00 bits per heavy atom. The molecule has 2 rings (SSSR count). The molecule has 0 heterocycles. The van der Waals surface area contributed by atoms with Crippen molar-refractivity contribution in [2.75, 3.05) is 12.3 Å². The van der Waals surface area contributed by atoms with E-state index >= 15 is 0 Å². The number of nitrogens with one attached hydrogen (secondary N) is 1. The summed E-state index contributed by atoms with van der Waals surface area (Å²) in [6.45, 7) is -0.232. The third-order valence-electron chi connectivity index (χ3n) is 2.71. The van der Waals surface area contributed by atoms with Gasteiger partial charge in [0, 0.05) is 11.8 Å². The maximum atomic E-state index is 11.7. The number of nitrogen functional groups attached to an aromatic ring is 1. The molecule has 5 nitrogen and oxygen atoms in total. The van der Waals surface area contributed by atoms with E-state index in [4.69, 9.17) is 10.5 Å². The second-order valence-electron chi connectivity index (χ2n) is 4.49. The minimum absolute atomic E-state index is 0.158. The van der Waals surface area contributed by atoms with Crippen molar-refractivity contribution < 1.29 is 14.3 Å². The first-order valence-electron chi connectivity index (χ1n) is 6.48. The molecule has 5 heteroatoms. The molecule has 0 aliphatic carbocycles. The van der Waals surface area contributed by atoms with E-state index in [2.05, 4.69) is 5.32 Å². The fourth-order valence-electron chi connectivity index (χ4n) is 1.77. The normalized spacial score (nSPS) is 9.90. The summed E-state index contributed by atoms with van der Waals surface area (Å²) in [6.07, 6.45) is 0.158. The molecule has 21 heavy (non-hydrogen) atoms. The number of ether oxygens (including phenoxy) is 1. The Hall–Kier alpha value is -2.82. The molecular formula is C16H16N2O3. The van der Waals surface area contributed by atoms with Crippen LogP contribution in [0, 0.1) is 0 Å². The van der Waals surface area contributed by atoms with Gasteiger partial charge in [-0.3, -0.25) is 14.9 Å². The lowest BCUT2D eigenvalue weighted by Gasteiger charge is -2.07. The summed E-state index contributed by atoms with van der Waals surface area (Å²) in [5.74, 6) is -0.360. The van der Waals surface area contributed by atoms with Crippen molar-refractivity contribution in [3.63, 3.8) is 0 Å². The molecule has 0 aliphatic heterocycles. The van der Waals surface area contributed by atoms with Crippen LogP contribution in [0.25, 0.3) is 0 Å². The van der Waals surface area contributed by atoms with Crippen molar-refractivity contribution in [1.82, 2.24) is 5.32 Å². The molecule has 0 unspecified atom stereocenters. The number of carbonyl (C=O) groups is 2. The molecule has 2 aromatic rings. The number of rotatable bonds is 5. The van der Waals surface area contributed by atoms with Gasteiger partial charge in [-0.15, -0.1) is 0 Å². The van der Waals surface area contributed by atoms with Gasteiger partial charge in [0.25, 0.3) is 5.91 Å². The van der Waals surface area contributed by atoms with Crippen LogP contribution in [-0.4, -0.2) is 18.4 Å². The third kappa shape index (κ3) is 4.99. The van der Waals surface area contributed by atoms with Gasteiger partial charge in [0.15, 0.2) is 6.61 Å². The molecule has 2 amide bonds. The SMILES string of the molecule is Nc1cccc(OCC(=O)NC(=O)Cc2ccccc2)c1. The summed E-state index contributed by atoms with van der Waals surface area (Å²) < 4.78 is 5.26. The molecule has 0 saturated heterocycles. The molecule has 0 radical (unpaired) electrons. The van der Waals surface area contributed by atoms with Gasteiger partial charge in [0.2, 0.25) is 5.91 Å². The molecule has 0 fully saturated rings. The van der Waals surface area contributed by atoms with E-state index in [1.807, 2.05) is 30.3 Å². The maximum absolute atomic E-state index is 11.7. The van der Waals surface area contributed by atoms with E-state index in [1.165, 1.54) is 0 Å². The minimum atomic E-state index is -0.488. The van der Waals surface area contributed by atoms with Gasteiger partial charge < -0.3 is 10.5 Å². The second kappa shape index (κ2) is 7.09. The maximum Gasteiger partial charge on any atom is 0.264 e. The van der Waals surface area contributed by atoms with Crippen LogP contribution in [0.15, 0.2) is 54.6 Å². The van der Waals surface area contributed by atoms with Crippen LogP contribution in [-0.2, 0) is 16.0 Å². The average molecular weight is 284 g/mol. The number of hydrogen-bond acceptors (Lipinski definition) is 4. The number of hydrogen-bond donors (Lipinski definition) is 2. The molecule has 2 aromatic carbocycles. The van der Waals surface area contributed by atoms with Crippen molar-refractivity contribution in [1.29, 1.82) is 0 Å². The van der Waals surface area contributed by atoms with Gasteiger partial charge >= 0.3 is 0 Å². The van der Waals surface area contributed by atoms with Crippen molar-refractivity contribution in [2.24, 2.45) is 0 Å². The van der Waals surface area contributed by atoms with Crippen molar-refractivity contribution in [3.8, 4) is 5.75 Å². The van der Waals surface area contributed by atoms with Gasteiger partial charge in [-0.2, -0.15) is 0 Å². The Morgan fingerprint density at radius 2 is 1.76 bits per heavy atom. The summed E-state index contributed by atoms with van der Waals surface area (Å²) in [7, 11) is 0. The Kier molecular flexibility index (Phi) is 4.93. The largest absolute Gasteiger partial charge is 0.484 e. The number of benzene rings is 2. The molecule has 0 aromatic heterocycles. The highest BCUT2D eigenvalue weighted by atomic mass is 16.5. The van der Waals surface area contributed by atoms with E-state index in [0.29, 0.717) is 11.4 Å². The summed E-state index contributed by atoms with van der Waals surface area (Å²) in [4.78, 5) is 23.3. The van der Waals surface area contributed by atoms with E-state index in [9.17, 15) is 9.59 Å². The van der Waals surface area contributed by atoms with Crippen molar-refractivity contribution in [3.05, 3.63) is 60.2 Å². The quantitative estimate of drug-likeness (QED) is 0.816. The summed E-state index contributed by atoms with van der Waals surface area (Å²) >= 11 is 0. The lowest BCUT2D eigenvalue weighted by atomic mass is 10.1. The smallest absolute Gasteiger partial charge is 0.264 e. The van der Waals surface area contributed by atoms with E-state index in [1.54, 1.807) is 24.3 Å². The fourth-order valence-corrected chi connectivity index (χ4v) is 1.77. The zero-order chi connectivity index (χ0) is 15.1. The summed E-state index contributed by atoms with van der Waals surface area (Å²) in [6, 6.07) is 15.9. The standard InChI is InChI=1S/C16H16N2O3/c17-13-7-4-8-14(10-13)21-11-16(20)18-15(19)9-12-5-2-1-3-6-12/h1-8,10H,9,11,17H2,(H,18,19,20). The molecule has 0 aliphatic rings. The zero-order valence-corrected chi connectivity index (χ0v) is 11.4. The first-order chi connectivity index (χ1) is 10.1. The van der Waals surface area contributed by atoms with Gasteiger partial charge in [-0.25, -0.2) is 0 Å². The Balaban J connectivity index is 1.78. The van der Waals surface area contributed by atoms with Crippen molar-refractivity contribution in [2.45, 2.75) is 6.42 Å². The molecule has 0 atom stereocenters. The molecule has 0 spiro atoms. The van der Waals surface area contributed by atoms with Crippen LogP contribution >= 0.6 is 0 Å². The van der Waals surface area contributed by atoms with E-state index < -0.39 is 5.91 Å². The number of nitrogens with two attached hydrogens (primary N) is 1. The van der Waals surface area contributed by atoms with Gasteiger partial charge in [-0.05, 0) is 17.7 Å². The first-order valence-corrected chi connectivity index (χ1v) is 6.48. The van der Waals surface area contributed by atoms with E-state index in [0.717, 1.165) is 5.56 Å². The number of amides is 2. The predicted octanol–water partition coefficient (Wildman–Crippen LogP) is 1.53. The molecular weight excluding hydrogens is 268 g/mol. The Morgan fingerprint density at radius 3 is 2.48 bits per heavy atom. The van der Waals surface area contributed by atoms with E-state index in [-0.39, 0.29) is 18.9 Å². The lowest BCUT2D eigenvalue weighted by Crippen LogP contribution is -2.35. The van der Waals surface area contributed by atoms with Gasteiger partial charge in [0.05, 0.1) is 6.42 Å². The number of carbonyl (C=O) groups excluding carboxylic acids is 2. The molecule has 3 N–H and O–H groups in total. The topological polar surface area (TPSA) is 81.4 Å². The van der Waals surface area contributed by atoms with Crippen LogP contribution in [0.1, 0.15) is 5.56 Å². The van der Waals surface area contributed by atoms with Crippen LogP contribution < -0.4 is 15.8 Å². The molecule has 0 saturated carbocycles. The van der Waals surface area contributed by atoms with Crippen molar-refractivity contribution >= 4 is 17.5 Å². The highest BCUT2D eigenvalue weighted by Gasteiger charge is 2.09. The Bertz CT molecular complexity index is 626. The highest BCUT2D eigenvalue weighted by molar-refractivity contribution is 5.96. The fraction of sp³-hybridized carbons (Fsp3) is 0.125. The molecule has 108 valence electrons. The van der Waals surface area contributed by atoms with Crippen LogP contribution in [0.2, 0.25) is 0 Å². The van der Waals surface area contributed by atoms with Crippen LogP contribution in [0.4, 0.5) is 5.69 Å².